The highest BCUT2D eigenvalue weighted by Crippen LogP contribution is 2.21. The van der Waals surface area contributed by atoms with E-state index in [2.05, 4.69) is 25.6 Å². The number of anilines is 2. The maximum atomic E-state index is 13.2. The Morgan fingerprint density at radius 2 is 2.08 bits per heavy atom. The number of amides is 1. The van der Waals surface area contributed by atoms with Gasteiger partial charge in [-0.15, -0.1) is 0 Å². The molecule has 6 nitrogen and oxygen atoms in total. The van der Waals surface area contributed by atoms with Gasteiger partial charge in [0.2, 0.25) is 0 Å². The van der Waals surface area contributed by atoms with Crippen LogP contribution in [0.25, 0.3) is 0 Å². The second-order valence-corrected chi connectivity index (χ2v) is 5.49. The Morgan fingerprint density at radius 3 is 2.84 bits per heavy atom. The van der Waals surface area contributed by atoms with E-state index in [4.69, 9.17) is 11.6 Å². The molecule has 0 saturated carbocycles. The van der Waals surface area contributed by atoms with Crippen LogP contribution in [0.3, 0.4) is 0 Å². The van der Waals surface area contributed by atoms with E-state index in [1.165, 1.54) is 30.6 Å². The number of aromatic nitrogens is 3. The second-order valence-electron chi connectivity index (χ2n) is 5.09. The second kappa shape index (κ2) is 7.67. The minimum Gasteiger partial charge on any atom is -0.347 e. The third-order valence-electron chi connectivity index (χ3n) is 3.27. The van der Waals surface area contributed by atoms with Gasteiger partial charge in [0.05, 0.1) is 5.02 Å². The van der Waals surface area contributed by atoms with E-state index in [1.807, 2.05) is 6.07 Å². The Labute approximate surface area is 148 Å². The number of carbonyl (C=O) groups is 1. The van der Waals surface area contributed by atoms with Crippen LogP contribution in [0.2, 0.25) is 5.02 Å². The predicted molar refractivity (Wildman–Crippen MR) is 92.1 cm³/mol. The molecule has 0 aliphatic rings. The number of hydrogen-bond donors (Lipinski definition) is 2. The van der Waals surface area contributed by atoms with Gasteiger partial charge in [-0.2, -0.15) is 0 Å². The van der Waals surface area contributed by atoms with Crippen molar-refractivity contribution < 1.29 is 9.18 Å². The number of hydrogen-bond acceptors (Lipinski definition) is 5. The van der Waals surface area contributed by atoms with Gasteiger partial charge in [-0.3, -0.25) is 9.78 Å². The minimum absolute atomic E-state index is 0.00602. The molecule has 0 saturated heterocycles. The Morgan fingerprint density at radius 1 is 1.20 bits per heavy atom. The lowest BCUT2D eigenvalue weighted by Crippen LogP contribution is -2.24. The molecule has 3 rings (SSSR count). The Hall–Kier alpha value is -3.06. The molecule has 2 N–H and O–H groups in total. The van der Waals surface area contributed by atoms with Gasteiger partial charge >= 0.3 is 0 Å². The quantitative estimate of drug-likeness (QED) is 0.732. The molecule has 0 aliphatic carbocycles. The molecule has 0 fully saturated rings. The summed E-state index contributed by atoms with van der Waals surface area (Å²) in [7, 11) is 0. The van der Waals surface area contributed by atoms with Gasteiger partial charge in [0, 0.05) is 30.7 Å². The zero-order valence-electron chi connectivity index (χ0n) is 12.9. The largest absolute Gasteiger partial charge is 0.347 e. The zero-order valence-corrected chi connectivity index (χ0v) is 13.7. The summed E-state index contributed by atoms with van der Waals surface area (Å²) in [4.78, 5) is 24.2. The molecule has 0 unspecified atom stereocenters. The van der Waals surface area contributed by atoms with Gasteiger partial charge in [0.1, 0.15) is 23.7 Å². The SMILES string of the molecule is O=C(NCc1cccnc1)c1cc(Nc2ccc(F)c(Cl)c2)ncn1. The van der Waals surface area contributed by atoms with E-state index in [0.717, 1.165) is 5.56 Å². The van der Waals surface area contributed by atoms with Crippen molar-refractivity contribution in [2.75, 3.05) is 5.32 Å². The Bertz CT molecular complexity index is 891. The highest BCUT2D eigenvalue weighted by molar-refractivity contribution is 6.31. The number of nitrogens with one attached hydrogen (secondary N) is 2. The fourth-order valence-electron chi connectivity index (χ4n) is 2.05. The first-order chi connectivity index (χ1) is 12.1. The van der Waals surface area contributed by atoms with Crippen LogP contribution in [0.4, 0.5) is 15.9 Å². The van der Waals surface area contributed by atoms with E-state index in [0.29, 0.717) is 18.1 Å². The smallest absolute Gasteiger partial charge is 0.270 e. The first-order valence-corrected chi connectivity index (χ1v) is 7.71. The molecule has 0 spiro atoms. The van der Waals surface area contributed by atoms with Gasteiger partial charge in [-0.25, -0.2) is 14.4 Å². The van der Waals surface area contributed by atoms with Crippen molar-refractivity contribution in [3.8, 4) is 0 Å². The summed E-state index contributed by atoms with van der Waals surface area (Å²) < 4.78 is 13.2. The molecule has 2 aromatic heterocycles. The number of carbonyl (C=O) groups excluding carboxylic acids is 1. The standard InChI is InChI=1S/C17H13ClFN5O/c18-13-6-12(3-4-14(13)19)24-16-7-15(22-10-23-16)17(25)21-9-11-2-1-5-20-8-11/h1-8,10H,9H2,(H,21,25)(H,22,23,24). The Balaban J connectivity index is 1.68. The average molecular weight is 358 g/mol. The molecule has 126 valence electrons. The van der Waals surface area contributed by atoms with Crippen LogP contribution in [0.5, 0.6) is 0 Å². The molecule has 1 amide bonds. The summed E-state index contributed by atoms with van der Waals surface area (Å²) in [5.41, 5.74) is 1.63. The molecular weight excluding hydrogens is 345 g/mol. The summed E-state index contributed by atoms with van der Waals surface area (Å²) in [5, 5.41) is 5.70. The monoisotopic (exact) mass is 357 g/mol. The molecule has 2 heterocycles. The van der Waals surface area contributed by atoms with E-state index < -0.39 is 5.82 Å². The third kappa shape index (κ3) is 4.48. The number of nitrogens with zero attached hydrogens (tertiary/aromatic N) is 3. The van der Waals surface area contributed by atoms with Gasteiger partial charge in [0.25, 0.3) is 5.91 Å². The normalized spacial score (nSPS) is 10.3. The summed E-state index contributed by atoms with van der Waals surface area (Å²) in [5.74, 6) is -0.457. The van der Waals surface area contributed by atoms with Gasteiger partial charge in [-0.1, -0.05) is 17.7 Å². The van der Waals surface area contributed by atoms with Crippen LogP contribution < -0.4 is 10.6 Å². The first-order valence-electron chi connectivity index (χ1n) is 7.33. The van der Waals surface area contributed by atoms with Gasteiger partial charge in [0.15, 0.2) is 0 Å². The fraction of sp³-hybridized carbons (Fsp3) is 0.0588. The maximum absolute atomic E-state index is 13.2. The summed E-state index contributed by atoms with van der Waals surface area (Å²) in [6, 6.07) is 9.34. The average Bonchev–Trinajstić information content (AvgIpc) is 2.64. The van der Waals surface area contributed by atoms with E-state index >= 15 is 0 Å². The van der Waals surface area contributed by atoms with E-state index in [-0.39, 0.29) is 16.6 Å². The first kappa shape index (κ1) is 16.8. The van der Waals surface area contributed by atoms with Crippen LogP contribution in [0, 0.1) is 5.82 Å². The van der Waals surface area contributed by atoms with Crippen molar-refractivity contribution in [1.29, 1.82) is 0 Å². The zero-order chi connectivity index (χ0) is 17.6. The van der Waals surface area contributed by atoms with Crippen molar-refractivity contribution in [3.63, 3.8) is 0 Å². The van der Waals surface area contributed by atoms with Crippen molar-refractivity contribution in [2.24, 2.45) is 0 Å². The lowest BCUT2D eigenvalue weighted by atomic mass is 10.2. The summed E-state index contributed by atoms with van der Waals surface area (Å²) in [6.07, 6.45) is 4.60. The molecular formula is C17H13ClFN5O. The summed E-state index contributed by atoms with van der Waals surface area (Å²) >= 11 is 5.74. The van der Waals surface area contributed by atoms with Gasteiger partial charge < -0.3 is 10.6 Å². The van der Waals surface area contributed by atoms with Crippen LogP contribution in [-0.4, -0.2) is 20.9 Å². The van der Waals surface area contributed by atoms with Crippen molar-refractivity contribution in [2.45, 2.75) is 6.54 Å². The molecule has 25 heavy (non-hydrogen) atoms. The van der Waals surface area contributed by atoms with Crippen molar-refractivity contribution in [3.05, 3.63) is 77.2 Å². The van der Waals surface area contributed by atoms with E-state index in [1.54, 1.807) is 18.5 Å². The highest BCUT2D eigenvalue weighted by atomic mass is 35.5. The topological polar surface area (TPSA) is 79.8 Å². The lowest BCUT2D eigenvalue weighted by molar-refractivity contribution is 0.0945. The molecule has 0 aliphatic heterocycles. The fourth-order valence-corrected chi connectivity index (χ4v) is 2.23. The molecule has 1 aromatic carbocycles. The Kier molecular flexibility index (Phi) is 5.15. The predicted octanol–water partition coefficient (Wildman–Crippen LogP) is 3.34. The van der Waals surface area contributed by atoms with Crippen LogP contribution in [-0.2, 0) is 6.54 Å². The molecule has 8 heteroatoms. The lowest BCUT2D eigenvalue weighted by Gasteiger charge is -2.08. The van der Waals surface area contributed by atoms with Crippen molar-refractivity contribution >= 4 is 29.0 Å². The van der Waals surface area contributed by atoms with Crippen LogP contribution in [0.15, 0.2) is 55.1 Å². The number of pyridine rings is 1. The molecule has 0 bridgehead atoms. The minimum atomic E-state index is -0.509. The van der Waals surface area contributed by atoms with E-state index in [9.17, 15) is 9.18 Å². The molecule has 3 aromatic rings. The number of halogens is 2. The van der Waals surface area contributed by atoms with Gasteiger partial charge in [-0.05, 0) is 29.8 Å². The number of benzene rings is 1. The van der Waals surface area contributed by atoms with Crippen molar-refractivity contribution in [1.82, 2.24) is 20.3 Å². The molecule has 0 radical (unpaired) electrons. The third-order valence-corrected chi connectivity index (χ3v) is 3.56. The molecule has 0 atom stereocenters. The van der Waals surface area contributed by atoms with Crippen LogP contribution >= 0.6 is 11.6 Å². The maximum Gasteiger partial charge on any atom is 0.270 e. The highest BCUT2D eigenvalue weighted by Gasteiger charge is 2.09. The van der Waals surface area contributed by atoms with Crippen LogP contribution in [0.1, 0.15) is 16.1 Å². The number of rotatable bonds is 5. The summed E-state index contributed by atoms with van der Waals surface area (Å²) in [6.45, 7) is 0.340.